The van der Waals surface area contributed by atoms with Crippen LogP contribution in [0.3, 0.4) is 0 Å². The molecular weight excluding hydrogens is 353 g/mol. The quantitative estimate of drug-likeness (QED) is 0.613. The Kier molecular flexibility index (Phi) is 7.12. The molecule has 0 amide bonds. The smallest absolute Gasteiger partial charge is 0.868 e. The summed E-state index contributed by atoms with van der Waals surface area (Å²) in [6, 6.07) is 2.34. The summed E-state index contributed by atoms with van der Waals surface area (Å²) in [5.74, 6) is -0.277. The molecule has 0 aliphatic carbocycles. The molecule has 0 aliphatic rings. The molecule has 0 saturated carbocycles. The molecule has 0 bridgehead atoms. The number of aryl methyl sites for hydroxylation is 2. The zero-order chi connectivity index (χ0) is 13.7. The van der Waals surface area contributed by atoms with Crippen LogP contribution in [0.15, 0.2) is 43.1 Å². The Labute approximate surface area is 128 Å². The van der Waals surface area contributed by atoms with Crippen molar-refractivity contribution in [3.05, 3.63) is 56.6 Å². The van der Waals surface area contributed by atoms with Gasteiger partial charge in [0.1, 0.15) is 11.5 Å². The summed E-state index contributed by atoms with van der Waals surface area (Å²) in [5.41, 5.74) is -1.03. The summed E-state index contributed by atoms with van der Waals surface area (Å²) in [6.07, 6.45) is 1.83. The number of hydrogen-bond donors (Lipinski definition) is 0. The van der Waals surface area contributed by atoms with Crippen molar-refractivity contribution in [2.24, 2.45) is 0 Å². The van der Waals surface area contributed by atoms with E-state index in [-0.39, 0.29) is 27.3 Å². The average molecular weight is 363 g/mol. The van der Waals surface area contributed by atoms with Crippen LogP contribution in [-0.2, 0) is 27.3 Å². The largest absolute Gasteiger partial charge is 2.00 e. The van der Waals surface area contributed by atoms with Crippen LogP contribution in [0, 0.1) is 13.8 Å². The minimum atomic E-state index is -0.597. The van der Waals surface area contributed by atoms with E-state index in [9.17, 15) is 19.8 Å². The molecule has 19 heavy (non-hydrogen) atoms. The summed E-state index contributed by atoms with van der Waals surface area (Å²) in [5, 5.41) is 20.7. The zero-order valence-electron chi connectivity index (χ0n) is 10.5. The van der Waals surface area contributed by atoms with Crippen molar-refractivity contribution in [1.82, 2.24) is 0 Å². The van der Waals surface area contributed by atoms with Gasteiger partial charge in [-0.25, -0.2) is 0 Å². The zero-order valence-corrected chi connectivity index (χ0v) is 14.5. The Balaban J connectivity index is 0.000000324. The van der Waals surface area contributed by atoms with Crippen LogP contribution in [0.5, 0.6) is 11.5 Å². The fourth-order valence-corrected chi connectivity index (χ4v) is 0.989. The molecule has 6 nitrogen and oxygen atoms in total. The molecular formula is C12H10CdO6. The van der Waals surface area contributed by atoms with Gasteiger partial charge < -0.3 is 19.0 Å². The van der Waals surface area contributed by atoms with E-state index in [0.29, 0.717) is 11.5 Å². The second-order valence-corrected chi connectivity index (χ2v) is 3.44. The first-order valence-electron chi connectivity index (χ1n) is 4.93. The van der Waals surface area contributed by atoms with Crippen molar-refractivity contribution in [3.63, 3.8) is 0 Å². The van der Waals surface area contributed by atoms with E-state index in [1.54, 1.807) is 13.8 Å². The van der Waals surface area contributed by atoms with Gasteiger partial charge in [0.2, 0.25) is 0 Å². The molecule has 96 valence electrons. The maximum absolute atomic E-state index is 10.5. The van der Waals surface area contributed by atoms with E-state index in [1.165, 1.54) is 12.1 Å². The summed E-state index contributed by atoms with van der Waals surface area (Å²) in [6.45, 7) is 3.22. The van der Waals surface area contributed by atoms with Gasteiger partial charge in [0.15, 0.2) is 10.9 Å². The topological polar surface area (TPSA) is 107 Å². The van der Waals surface area contributed by atoms with Crippen LogP contribution < -0.4 is 21.1 Å². The average Bonchev–Trinajstić information content (AvgIpc) is 2.30. The van der Waals surface area contributed by atoms with E-state index in [4.69, 9.17) is 0 Å². The normalized spacial score (nSPS) is 8.95. The maximum atomic E-state index is 10.5. The van der Waals surface area contributed by atoms with Gasteiger partial charge in [-0.2, -0.15) is 0 Å². The standard InChI is InChI=1S/2C6H6O3.Cd/c2*1-4-2-5(7)6(8)3-9-4;/h2*2-3,8H,1H3;/q;;+2/p-2. The van der Waals surface area contributed by atoms with Crippen LogP contribution >= 0.6 is 0 Å². The van der Waals surface area contributed by atoms with Gasteiger partial charge >= 0.3 is 27.3 Å². The van der Waals surface area contributed by atoms with Crippen molar-refractivity contribution in [1.29, 1.82) is 0 Å². The van der Waals surface area contributed by atoms with Crippen LogP contribution in [0.2, 0.25) is 0 Å². The Morgan fingerprint density at radius 3 is 1.37 bits per heavy atom. The van der Waals surface area contributed by atoms with Crippen LogP contribution in [0.4, 0.5) is 0 Å². The predicted molar refractivity (Wildman–Crippen MR) is 58.3 cm³/mol. The monoisotopic (exact) mass is 364 g/mol. The molecule has 0 N–H and O–H groups in total. The molecule has 2 aromatic rings. The van der Waals surface area contributed by atoms with Gasteiger partial charge in [-0.05, 0) is 25.3 Å². The van der Waals surface area contributed by atoms with E-state index < -0.39 is 22.4 Å². The fourth-order valence-electron chi connectivity index (χ4n) is 0.989. The third kappa shape index (κ3) is 5.73. The van der Waals surface area contributed by atoms with E-state index in [1.807, 2.05) is 0 Å². The molecule has 0 saturated heterocycles. The van der Waals surface area contributed by atoms with Gasteiger partial charge in [0.25, 0.3) is 0 Å². The molecule has 0 radical (unpaired) electrons. The van der Waals surface area contributed by atoms with Crippen molar-refractivity contribution in [3.8, 4) is 11.5 Å². The molecule has 0 aliphatic heterocycles. The summed E-state index contributed by atoms with van der Waals surface area (Å²) in [4.78, 5) is 20.9. The second-order valence-electron chi connectivity index (χ2n) is 3.44. The summed E-state index contributed by atoms with van der Waals surface area (Å²) >= 11 is 0. The molecule has 2 heterocycles. The minimum Gasteiger partial charge on any atom is -0.868 e. The van der Waals surface area contributed by atoms with Gasteiger partial charge in [-0.3, -0.25) is 9.59 Å². The Morgan fingerprint density at radius 1 is 0.842 bits per heavy atom. The molecule has 2 rings (SSSR count). The minimum absolute atomic E-state index is 0. The van der Waals surface area contributed by atoms with Crippen molar-refractivity contribution >= 4 is 0 Å². The van der Waals surface area contributed by atoms with E-state index in [0.717, 1.165) is 12.5 Å². The summed E-state index contributed by atoms with van der Waals surface area (Å²) in [7, 11) is 0. The van der Waals surface area contributed by atoms with Crippen LogP contribution in [-0.4, -0.2) is 0 Å². The Bertz CT molecular complexity index is 586. The molecule has 2 aromatic heterocycles. The third-order valence-corrected chi connectivity index (χ3v) is 1.86. The number of rotatable bonds is 0. The third-order valence-electron chi connectivity index (χ3n) is 1.86. The van der Waals surface area contributed by atoms with Crippen LogP contribution in [0.25, 0.3) is 0 Å². The first-order valence-corrected chi connectivity index (χ1v) is 4.93. The second kappa shape index (κ2) is 7.77. The van der Waals surface area contributed by atoms with E-state index >= 15 is 0 Å². The Hall–Kier alpha value is -1.58. The van der Waals surface area contributed by atoms with Gasteiger partial charge in [-0.1, -0.05) is 0 Å². The first kappa shape index (κ1) is 17.4. The Morgan fingerprint density at radius 2 is 1.16 bits per heavy atom. The van der Waals surface area contributed by atoms with Crippen molar-refractivity contribution in [2.75, 3.05) is 0 Å². The molecule has 0 aromatic carbocycles. The fraction of sp³-hybridized carbons (Fsp3) is 0.167. The molecule has 0 atom stereocenters. The summed E-state index contributed by atoms with van der Waals surface area (Å²) < 4.78 is 9.25. The molecule has 0 fully saturated rings. The van der Waals surface area contributed by atoms with Crippen molar-refractivity contribution < 1.29 is 46.3 Å². The van der Waals surface area contributed by atoms with Gasteiger partial charge in [-0.15, -0.1) is 0 Å². The SMILES string of the molecule is Cc1cc(=O)c([O-])co1.Cc1cc(=O)c([O-])co1.[Cd+2]. The van der Waals surface area contributed by atoms with Crippen LogP contribution in [0.1, 0.15) is 11.5 Å². The number of hydrogen-bond acceptors (Lipinski definition) is 6. The van der Waals surface area contributed by atoms with Gasteiger partial charge in [0.05, 0.1) is 12.5 Å². The predicted octanol–water partition coefficient (Wildman–Crippen LogP) is 0.0411. The van der Waals surface area contributed by atoms with Gasteiger partial charge in [0, 0.05) is 12.1 Å². The molecule has 7 heteroatoms. The molecule has 0 spiro atoms. The van der Waals surface area contributed by atoms with Crippen molar-refractivity contribution in [2.45, 2.75) is 13.8 Å². The maximum Gasteiger partial charge on any atom is 2.00 e. The molecule has 0 unspecified atom stereocenters. The first-order chi connectivity index (χ1) is 8.40. The van der Waals surface area contributed by atoms with E-state index in [2.05, 4.69) is 8.83 Å².